The summed E-state index contributed by atoms with van der Waals surface area (Å²) < 4.78 is 5.04. The second-order valence-electron chi connectivity index (χ2n) is 6.02. The molecule has 1 aliphatic carbocycles. The first-order valence-corrected chi connectivity index (χ1v) is 7.70. The minimum atomic E-state index is -0.0877. The molecule has 0 amide bonds. The molecule has 1 spiro atoms. The van der Waals surface area contributed by atoms with Crippen LogP contribution in [0.3, 0.4) is 0 Å². The number of nitrogens with zero attached hydrogens (tertiary/aromatic N) is 1. The Morgan fingerprint density at radius 3 is 2.75 bits per heavy atom. The number of piperidine rings is 1. The van der Waals surface area contributed by atoms with E-state index in [4.69, 9.17) is 4.74 Å². The number of carbonyl (C=O) groups excluding carboxylic acids is 1. The van der Waals surface area contributed by atoms with Crippen LogP contribution in [0.4, 0.5) is 0 Å². The molecule has 1 fully saturated rings. The van der Waals surface area contributed by atoms with Gasteiger partial charge < -0.3 is 4.74 Å². The molecular weight excluding hydrogens is 250 g/mol. The highest BCUT2D eigenvalue weighted by molar-refractivity contribution is 5.71. The number of fused-ring (bicyclic) bond motifs is 2. The molecule has 3 nitrogen and oxygen atoms in total. The summed E-state index contributed by atoms with van der Waals surface area (Å²) in [6, 6.07) is 8.89. The van der Waals surface area contributed by atoms with Crippen LogP contribution in [0.2, 0.25) is 0 Å². The van der Waals surface area contributed by atoms with Crippen LogP contribution in [-0.4, -0.2) is 37.1 Å². The molecule has 0 unspecified atom stereocenters. The van der Waals surface area contributed by atoms with Gasteiger partial charge >= 0.3 is 5.97 Å². The Morgan fingerprint density at radius 2 is 2.00 bits per heavy atom. The summed E-state index contributed by atoms with van der Waals surface area (Å²) in [5, 5.41) is 0. The van der Waals surface area contributed by atoms with Gasteiger partial charge in [-0.2, -0.15) is 0 Å². The zero-order valence-electron chi connectivity index (χ0n) is 12.2. The van der Waals surface area contributed by atoms with Crippen LogP contribution in [0.5, 0.6) is 0 Å². The molecule has 3 heteroatoms. The molecule has 2 aliphatic rings. The molecule has 0 bridgehead atoms. The van der Waals surface area contributed by atoms with E-state index in [2.05, 4.69) is 29.2 Å². The number of ether oxygens (including phenoxy) is 1. The SMILES string of the molecule is CCOC(=O)CN1CCC2(CCc3ccccc32)CC1. The van der Waals surface area contributed by atoms with E-state index in [1.165, 1.54) is 31.2 Å². The van der Waals surface area contributed by atoms with Crippen molar-refractivity contribution in [1.29, 1.82) is 0 Å². The van der Waals surface area contributed by atoms with Gasteiger partial charge in [0.15, 0.2) is 0 Å². The summed E-state index contributed by atoms with van der Waals surface area (Å²) in [4.78, 5) is 13.8. The van der Waals surface area contributed by atoms with Gasteiger partial charge in [0.05, 0.1) is 13.2 Å². The van der Waals surface area contributed by atoms with Gasteiger partial charge in [-0.3, -0.25) is 9.69 Å². The lowest BCUT2D eigenvalue weighted by molar-refractivity contribution is -0.144. The number of likely N-dealkylation sites (tertiary alicyclic amines) is 1. The number of rotatable bonds is 3. The largest absolute Gasteiger partial charge is 0.465 e. The summed E-state index contributed by atoms with van der Waals surface area (Å²) in [5.41, 5.74) is 3.48. The predicted molar refractivity (Wildman–Crippen MR) is 78.7 cm³/mol. The molecule has 0 N–H and O–H groups in total. The van der Waals surface area contributed by atoms with Crippen LogP contribution in [0.1, 0.15) is 37.3 Å². The van der Waals surface area contributed by atoms with Gasteiger partial charge in [-0.1, -0.05) is 24.3 Å². The van der Waals surface area contributed by atoms with Crippen molar-refractivity contribution < 1.29 is 9.53 Å². The number of hydrogen-bond donors (Lipinski definition) is 0. The van der Waals surface area contributed by atoms with Crippen LogP contribution < -0.4 is 0 Å². The Labute approximate surface area is 120 Å². The van der Waals surface area contributed by atoms with Gasteiger partial charge in [0, 0.05) is 0 Å². The van der Waals surface area contributed by atoms with Crippen LogP contribution in [-0.2, 0) is 21.4 Å². The number of esters is 1. The molecule has 1 aromatic carbocycles. The molecule has 1 aromatic rings. The van der Waals surface area contributed by atoms with Gasteiger partial charge in [0.2, 0.25) is 0 Å². The molecule has 108 valence electrons. The van der Waals surface area contributed by atoms with Crippen LogP contribution in [0.25, 0.3) is 0 Å². The van der Waals surface area contributed by atoms with Gasteiger partial charge in [0.1, 0.15) is 0 Å². The maximum atomic E-state index is 11.6. The van der Waals surface area contributed by atoms with E-state index >= 15 is 0 Å². The zero-order valence-corrected chi connectivity index (χ0v) is 12.2. The molecule has 0 atom stereocenters. The number of aryl methyl sites for hydroxylation is 1. The molecule has 1 saturated heterocycles. The summed E-state index contributed by atoms with van der Waals surface area (Å²) in [6.07, 6.45) is 4.83. The third-order valence-electron chi connectivity index (χ3n) is 4.93. The Bertz CT molecular complexity index is 490. The highest BCUT2D eigenvalue weighted by atomic mass is 16.5. The molecule has 1 aliphatic heterocycles. The second-order valence-corrected chi connectivity index (χ2v) is 6.02. The van der Waals surface area contributed by atoms with Crippen molar-refractivity contribution >= 4 is 5.97 Å². The fourth-order valence-electron chi connectivity index (χ4n) is 3.81. The van der Waals surface area contributed by atoms with E-state index in [1.807, 2.05) is 6.92 Å². The highest BCUT2D eigenvalue weighted by Crippen LogP contribution is 2.45. The molecule has 0 radical (unpaired) electrons. The van der Waals surface area contributed by atoms with Crippen LogP contribution in [0, 0.1) is 0 Å². The van der Waals surface area contributed by atoms with E-state index < -0.39 is 0 Å². The summed E-state index contributed by atoms with van der Waals surface area (Å²) in [7, 11) is 0. The molecule has 20 heavy (non-hydrogen) atoms. The van der Waals surface area contributed by atoms with Crippen molar-refractivity contribution in [2.45, 2.75) is 38.0 Å². The lowest BCUT2D eigenvalue weighted by Gasteiger charge is -2.39. The first kappa shape index (κ1) is 13.6. The maximum absolute atomic E-state index is 11.6. The quantitative estimate of drug-likeness (QED) is 0.793. The zero-order chi connectivity index (χ0) is 14.0. The monoisotopic (exact) mass is 273 g/mol. The average molecular weight is 273 g/mol. The lowest BCUT2D eigenvalue weighted by Crippen LogP contribution is -2.43. The molecule has 1 heterocycles. The fourth-order valence-corrected chi connectivity index (χ4v) is 3.81. The number of carbonyl (C=O) groups is 1. The fraction of sp³-hybridized carbons (Fsp3) is 0.588. The van der Waals surface area contributed by atoms with Gasteiger partial charge in [-0.15, -0.1) is 0 Å². The Hall–Kier alpha value is -1.35. The summed E-state index contributed by atoms with van der Waals surface area (Å²) >= 11 is 0. The molecule has 0 aromatic heterocycles. The summed E-state index contributed by atoms with van der Waals surface area (Å²) in [6.45, 7) is 4.80. The van der Waals surface area contributed by atoms with E-state index in [-0.39, 0.29) is 5.97 Å². The van der Waals surface area contributed by atoms with E-state index in [1.54, 1.807) is 5.56 Å². The van der Waals surface area contributed by atoms with Crippen molar-refractivity contribution in [3.8, 4) is 0 Å². The van der Waals surface area contributed by atoms with Crippen molar-refractivity contribution in [2.24, 2.45) is 0 Å². The third-order valence-corrected chi connectivity index (χ3v) is 4.93. The normalized spacial score (nSPS) is 20.9. The first-order valence-electron chi connectivity index (χ1n) is 7.70. The summed E-state index contributed by atoms with van der Waals surface area (Å²) in [5.74, 6) is -0.0877. The van der Waals surface area contributed by atoms with Crippen LogP contribution in [0.15, 0.2) is 24.3 Å². The minimum absolute atomic E-state index is 0.0877. The topological polar surface area (TPSA) is 29.5 Å². The van der Waals surface area contributed by atoms with Gasteiger partial charge in [0.25, 0.3) is 0 Å². The third kappa shape index (κ3) is 2.47. The molecular formula is C17H23NO2. The second kappa shape index (κ2) is 5.57. The Balaban J connectivity index is 1.63. The van der Waals surface area contributed by atoms with Gasteiger partial charge in [-0.25, -0.2) is 0 Å². The average Bonchev–Trinajstić information content (AvgIpc) is 2.82. The lowest BCUT2D eigenvalue weighted by atomic mass is 9.74. The number of benzene rings is 1. The Kier molecular flexibility index (Phi) is 3.79. The number of hydrogen-bond acceptors (Lipinski definition) is 3. The molecule has 3 rings (SSSR count). The Morgan fingerprint density at radius 1 is 1.25 bits per heavy atom. The maximum Gasteiger partial charge on any atom is 0.320 e. The smallest absolute Gasteiger partial charge is 0.320 e. The minimum Gasteiger partial charge on any atom is -0.465 e. The standard InChI is InChI=1S/C17H23NO2/c1-2-20-16(19)13-18-11-9-17(10-12-18)8-7-14-5-3-4-6-15(14)17/h3-6H,2,7-13H2,1H3. The van der Waals surface area contributed by atoms with Crippen molar-refractivity contribution in [1.82, 2.24) is 4.90 Å². The predicted octanol–water partition coefficient (Wildman–Crippen LogP) is 2.53. The van der Waals surface area contributed by atoms with Gasteiger partial charge in [-0.05, 0) is 62.2 Å². The van der Waals surface area contributed by atoms with Crippen molar-refractivity contribution in [3.05, 3.63) is 35.4 Å². The first-order chi connectivity index (χ1) is 9.73. The van der Waals surface area contributed by atoms with E-state index in [9.17, 15) is 4.79 Å². The van der Waals surface area contributed by atoms with Crippen molar-refractivity contribution in [2.75, 3.05) is 26.2 Å². The molecule has 0 saturated carbocycles. The van der Waals surface area contributed by atoms with E-state index in [0.29, 0.717) is 18.6 Å². The van der Waals surface area contributed by atoms with Crippen LogP contribution >= 0.6 is 0 Å². The van der Waals surface area contributed by atoms with E-state index in [0.717, 1.165) is 13.1 Å². The van der Waals surface area contributed by atoms with Crippen molar-refractivity contribution in [3.63, 3.8) is 0 Å². The highest BCUT2D eigenvalue weighted by Gasteiger charge is 2.40.